The van der Waals surface area contributed by atoms with Gasteiger partial charge in [-0.05, 0) is 39.3 Å². The Morgan fingerprint density at radius 2 is 1.84 bits per heavy atom. The maximum atomic E-state index is 12.2. The molecule has 0 bridgehead atoms. The third-order valence-electron chi connectivity index (χ3n) is 4.01. The van der Waals surface area contributed by atoms with Gasteiger partial charge in [-0.1, -0.05) is 0 Å². The highest BCUT2D eigenvalue weighted by atomic mass is 16.6. The van der Waals surface area contributed by atoms with E-state index in [9.17, 15) is 4.79 Å². The zero-order valence-corrected chi connectivity index (χ0v) is 15.3. The van der Waals surface area contributed by atoms with Crippen LogP contribution in [0.4, 0.5) is 10.5 Å². The second kappa shape index (κ2) is 6.74. The van der Waals surface area contributed by atoms with E-state index in [1.54, 1.807) is 11.1 Å². The van der Waals surface area contributed by atoms with Gasteiger partial charge in [0, 0.05) is 38.6 Å². The van der Waals surface area contributed by atoms with Gasteiger partial charge in [-0.15, -0.1) is 0 Å². The average Bonchev–Trinajstić information content (AvgIpc) is 3.00. The molecule has 1 amide bonds. The number of amides is 1. The number of anilines is 1. The number of aryl methyl sites for hydroxylation is 1. The lowest BCUT2D eigenvalue weighted by Gasteiger charge is -2.37. The minimum absolute atomic E-state index is 0.249. The average molecular weight is 343 g/mol. The Morgan fingerprint density at radius 3 is 2.44 bits per heavy atom. The number of ether oxygens (including phenoxy) is 1. The smallest absolute Gasteiger partial charge is 0.410 e. The maximum Gasteiger partial charge on any atom is 0.410 e. The molecule has 134 valence electrons. The molecule has 1 aliphatic rings. The van der Waals surface area contributed by atoms with Gasteiger partial charge in [0.15, 0.2) is 0 Å². The molecule has 0 aliphatic carbocycles. The number of hydrogen-bond donors (Lipinski definition) is 0. The van der Waals surface area contributed by atoms with Crippen LogP contribution in [0.2, 0.25) is 0 Å². The van der Waals surface area contributed by atoms with Gasteiger partial charge in [-0.2, -0.15) is 5.10 Å². The van der Waals surface area contributed by atoms with E-state index in [0.717, 1.165) is 30.0 Å². The summed E-state index contributed by atoms with van der Waals surface area (Å²) in [4.78, 5) is 20.5. The van der Waals surface area contributed by atoms with Gasteiger partial charge < -0.3 is 14.5 Å². The standard InChI is InChI=1S/C18H25N5O2/c1-14-11-20-23(13-14)15-5-6-19-12-16(15)21-7-9-22(10-8-21)17(24)25-18(2,3)4/h5-6,11-13H,7-10H2,1-4H3. The summed E-state index contributed by atoms with van der Waals surface area (Å²) in [7, 11) is 0. The molecule has 0 unspecified atom stereocenters. The molecule has 0 aromatic carbocycles. The highest BCUT2D eigenvalue weighted by molar-refractivity contribution is 5.69. The summed E-state index contributed by atoms with van der Waals surface area (Å²) in [5.41, 5.74) is 2.66. The van der Waals surface area contributed by atoms with Crippen molar-refractivity contribution in [3.05, 3.63) is 36.4 Å². The summed E-state index contributed by atoms with van der Waals surface area (Å²) in [5.74, 6) is 0. The van der Waals surface area contributed by atoms with Crippen molar-refractivity contribution in [3.8, 4) is 5.69 Å². The van der Waals surface area contributed by atoms with Gasteiger partial charge in [-0.25, -0.2) is 9.48 Å². The number of hydrogen-bond acceptors (Lipinski definition) is 5. The zero-order chi connectivity index (χ0) is 18.0. The summed E-state index contributed by atoms with van der Waals surface area (Å²) in [6, 6.07) is 1.96. The molecule has 0 N–H and O–H groups in total. The fourth-order valence-electron chi connectivity index (χ4n) is 2.82. The first-order valence-electron chi connectivity index (χ1n) is 8.52. The first kappa shape index (κ1) is 17.3. The Labute approximate surface area is 148 Å². The van der Waals surface area contributed by atoms with Gasteiger partial charge >= 0.3 is 6.09 Å². The van der Waals surface area contributed by atoms with Crippen LogP contribution in [0.1, 0.15) is 26.3 Å². The highest BCUT2D eigenvalue weighted by Gasteiger charge is 2.27. The van der Waals surface area contributed by atoms with Crippen LogP contribution in [0, 0.1) is 6.92 Å². The highest BCUT2D eigenvalue weighted by Crippen LogP contribution is 2.24. The molecule has 3 rings (SSSR count). The molecule has 1 saturated heterocycles. The number of carbonyl (C=O) groups excluding carboxylic acids is 1. The normalized spacial score (nSPS) is 15.4. The van der Waals surface area contributed by atoms with Crippen molar-refractivity contribution in [2.24, 2.45) is 0 Å². The second-order valence-electron chi connectivity index (χ2n) is 7.28. The molecule has 2 aromatic heterocycles. The molecule has 1 fully saturated rings. The van der Waals surface area contributed by atoms with E-state index in [0.29, 0.717) is 13.1 Å². The van der Waals surface area contributed by atoms with Gasteiger partial charge in [0.25, 0.3) is 0 Å². The lowest BCUT2D eigenvalue weighted by Crippen LogP contribution is -2.50. The molecule has 7 heteroatoms. The van der Waals surface area contributed by atoms with Crippen LogP contribution < -0.4 is 4.90 Å². The van der Waals surface area contributed by atoms with Crippen molar-refractivity contribution in [2.75, 3.05) is 31.1 Å². The van der Waals surface area contributed by atoms with Crippen molar-refractivity contribution in [3.63, 3.8) is 0 Å². The second-order valence-corrected chi connectivity index (χ2v) is 7.28. The first-order chi connectivity index (χ1) is 11.8. The van der Waals surface area contributed by atoms with Gasteiger partial charge in [0.1, 0.15) is 5.60 Å². The third kappa shape index (κ3) is 4.10. The summed E-state index contributed by atoms with van der Waals surface area (Å²) in [5, 5.41) is 4.40. The van der Waals surface area contributed by atoms with Crippen LogP contribution in [0.3, 0.4) is 0 Å². The molecule has 0 spiro atoms. The van der Waals surface area contributed by atoms with Crippen molar-refractivity contribution in [1.82, 2.24) is 19.7 Å². The van der Waals surface area contributed by atoms with Gasteiger partial charge in [0.2, 0.25) is 0 Å². The molecule has 0 saturated carbocycles. The van der Waals surface area contributed by atoms with Crippen molar-refractivity contribution in [1.29, 1.82) is 0 Å². The number of carbonyl (C=O) groups is 1. The molecule has 3 heterocycles. The van der Waals surface area contributed by atoms with Gasteiger partial charge in [0.05, 0.1) is 23.8 Å². The Morgan fingerprint density at radius 1 is 1.12 bits per heavy atom. The van der Waals surface area contributed by atoms with E-state index in [4.69, 9.17) is 4.74 Å². The SMILES string of the molecule is Cc1cnn(-c2ccncc2N2CCN(C(=O)OC(C)(C)C)CC2)c1. The molecule has 7 nitrogen and oxygen atoms in total. The Bertz CT molecular complexity index is 742. The maximum absolute atomic E-state index is 12.2. The first-order valence-corrected chi connectivity index (χ1v) is 8.52. The van der Waals surface area contributed by atoms with E-state index in [-0.39, 0.29) is 6.09 Å². The zero-order valence-electron chi connectivity index (χ0n) is 15.3. The molecule has 0 radical (unpaired) electrons. The van der Waals surface area contributed by atoms with Crippen LogP contribution in [0.5, 0.6) is 0 Å². The predicted octanol–water partition coefficient (Wildman–Crippen LogP) is 2.63. The lowest BCUT2D eigenvalue weighted by molar-refractivity contribution is 0.0240. The van der Waals surface area contributed by atoms with Crippen LogP contribution >= 0.6 is 0 Å². The van der Waals surface area contributed by atoms with E-state index in [2.05, 4.69) is 15.0 Å². The Balaban J connectivity index is 1.71. The van der Waals surface area contributed by atoms with E-state index in [1.807, 2.05) is 57.0 Å². The van der Waals surface area contributed by atoms with Crippen LogP contribution in [0.15, 0.2) is 30.9 Å². The minimum atomic E-state index is -0.470. The fraction of sp³-hybridized carbons (Fsp3) is 0.500. The molecule has 25 heavy (non-hydrogen) atoms. The largest absolute Gasteiger partial charge is 0.444 e. The van der Waals surface area contributed by atoms with Crippen LogP contribution in [-0.2, 0) is 4.74 Å². The minimum Gasteiger partial charge on any atom is -0.444 e. The quantitative estimate of drug-likeness (QED) is 0.839. The summed E-state index contributed by atoms with van der Waals surface area (Å²) in [6.07, 6.45) is 7.21. The molecular weight excluding hydrogens is 318 g/mol. The topological polar surface area (TPSA) is 63.5 Å². The van der Waals surface area contributed by atoms with Gasteiger partial charge in [-0.3, -0.25) is 4.98 Å². The lowest BCUT2D eigenvalue weighted by atomic mass is 10.2. The van der Waals surface area contributed by atoms with Crippen LogP contribution in [-0.4, -0.2) is 57.5 Å². The third-order valence-corrected chi connectivity index (χ3v) is 4.01. The fourth-order valence-corrected chi connectivity index (χ4v) is 2.82. The van der Waals surface area contributed by atoms with Crippen LogP contribution in [0.25, 0.3) is 5.69 Å². The summed E-state index contributed by atoms with van der Waals surface area (Å²) < 4.78 is 7.32. The number of pyridine rings is 1. The van der Waals surface area contributed by atoms with E-state index < -0.39 is 5.60 Å². The monoisotopic (exact) mass is 343 g/mol. The van der Waals surface area contributed by atoms with E-state index in [1.165, 1.54) is 0 Å². The molecule has 1 aliphatic heterocycles. The van der Waals surface area contributed by atoms with E-state index >= 15 is 0 Å². The van der Waals surface area contributed by atoms with Crippen molar-refractivity contribution < 1.29 is 9.53 Å². The molecule has 0 atom stereocenters. The van der Waals surface area contributed by atoms with Crippen molar-refractivity contribution in [2.45, 2.75) is 33.3 Å². The van der Waals surface area contributed by atoms with Crippen molar-refractivity contribution >= 4 is 11.8 Å². The number of rotatable bonds is 2. The Hall–Kier alpha value is -2.57. The number of aromatic nitrogens is 3. The summed E-state index contributed by atoms with van der Waals surface area (Å²) in [6.45, 7) is 10.4. The Kier molecular flexibility index (Phi) is 4.65. The molecular formula is C18H25N5O2. The molecule has 2 aromatic rings. The number of nitrogens with zero attached hydrogens (tertiary/aromatic N) is 5. The summed E-state index contributed by atoms with van der Waals surface area (Å²) >= 11 is 0. The predicted molar refractivity (Wildman–Crippen MR) is 96.1 cm³/mol. The number of piperazine rings is 1.